The molecule has 1 saturated carbocycles. The molecule has 0 bridgehead atoms. The van der Waals surface area contributed by atoms with Crippen LogP contribution < -0.4 is 0 Å². The Labute approximate surface area is 91.5 Å². The quantitative estimate of drug-likeness (QED) is 0.658. The van der Waals surface area contributed by atoms with E-state index in [1.807, 2.05) is 0 Å². The summed E-state index contributed by atoms with van der Waals surface area (Å²) in [6.07, 6.45) is 3.43. The predicted octanol–water partition coefficient (Wildman–Crippen LogP) is 3.16. The first-order valence-electron chi connectivity index (χ1n) is 5.15. The van der Waals surface area contributed by atoms with E-state index in [0.29, 0.717) is 11.3 Å². The molecule has 1 aliphatic rings. The van der Waals surface area contributed by atoms with Gasteiger partial charge < -0.3 is 0 Å². The van der Waals surface area contributed by atoms with Crippen molar-refractivity contribution in [2.24, 2.45) is 11.3 Å². The molecule has 0 unspecified atom stereocenters. The fraction of sp³-hybridized carbons (Fsp3) is 1.00. The average molecular weight is 239 g/mol. The van der Waals surface area contributed by atoms with E-state index in [1.54, 1.807) is 0 Å². The monoisotopic (exact) mass is 238 g/mol. The van der Waals surface area contributed by atoms with Crippen molar-refractivity contribution in [3.63, 3.8) is 0 Å². The van der Waals surface area contributed by atoms with Crippen molar-refractivity contribution in [1.82, 2.24) is 0 Å². The van der Waals surface area contributed by atoms with Crippen LogP contribution >= 0.6 is 10.7 Å². The summed E-state index contributed by atoms with van der Waals surface area (Å²) in [5.74, 6) is 0.636. The minimum absolute atomic E-state index is 0.293. The molecule has 0 N–H and O–H groups in total. The molecule has 0 aromatic carbocycles. The van der Waals surface area contributed by atoms with Crippen LogP contribution in [-0.4, -0.2) is 13.7 Å². The van der Waals surface area contributed by atoms with Crippen molar-refractivity contribution >= 4 is 19.7 Å². The van der Waals surface area contributed by atoms with Crippen LogP contribution in [0, 0.1) is 11.3 Å². The average Bonchev–Trinajstić information content (AvgIpc) is 2.01. The molecule has 0 amide bonds. The fourth-order valence-corrected chi connectivity index (χ4v) is 3.58. The highest BCUT2D eigenvalue weighted by atomic mass is 35.7. The SMILES string of the molecule is CC(C)(C)C1CCC(S(=O)(=O)Cl)CC1. The highest BCUT2D eigenvalue weighted by Gasteiger charge is 2.34. The van der Waals surface area contributed by atoms with Crippen LogP contribution in [0.5, 0.6) is 0 Å². The minimum atomic E-state index is -3.32. The van der Waals surface area contributed by atoms with Crippen LogP contribution in [0.15, 0.2) is 0 Å². The first-order valence-corrected chi connectivity index (χ1v) is 7.52. The lowest BCUT2D eigenvalue weighted by Gasteiger charge is -2.35. The lowest BCUT2D eigenvalue weighted by Crippen LogP contribution is -2.30. The highest BCUT2D eigenvalue weighted by Crippen LogP contribution is 2.39. The summed E-state index contributed by atoms with van der Waals surface area (Å²) in [6, 6.07) is 0. The second-order valence-electron chi connectivity index (χ2n) is 5.32. The van der Waals surface area contributed by atoms with Crippen LogP contribution in [0.3, 0.4) is 0 Å². The molecule has 0 radical (unpaired) electrons. The lowest BCUT2D eigenvalue weighted by atomic mass is 9.72. The third kappa shape index (κ3) is 3.13. The van der Waals surface area contributed by atoms with Gasteiger partial charge in [-0.2, -0.15) is 0 Å². The van der Waals surface area contributed by atoms with Gasteiger partial charge in [-0.25, -0.2) is 8.42 Å². The van der Waals surface area contributed by atoms with Gasteiger partial charge in [-0.05, 0) is 37.0 Å². The Bertz CT molecular complexity index is 282. The van der Waals surface area contributed by atoms with E-state index >= 15 is 0 Å². The number of halogens is 1. The van der Waals surface area contributed by atoms with E-state index in [0.717, 1.165) is 25.7 Å². The number of hydrogen-bond acceptors (Lipinski definition) is 2. The van der Waals surface area contributed by atoms with Crippen LogP contribution in [0.2, 0.25) is 0 Å². The maximum absolute atomic E-state index is 11.1. The second-order valence-corrected chi connectivity index (χ2v) is 8.22. The topological polar surface area (TPSA) is 34.1 Å². The molecule has 0 spiro atoms. The highest BCUT2D eigenvalue weighted by molar-refractivity contribution is 8.14. The maximum Gasteiger partial charge on any atom is 0.235 e. The first-order chi connectivity index (χ1) is 6.21. The zero-order valence-corrected chi connectivity index (χ0v) is 10.7. The summed E-state index contributed by atoms with van der Waals surface area (Å²) in [5, 5.41) is -0.303. The van der Waals surface area contributed by atoms with E-state index in [1.165, 1.54) is 0 Å². The van der Waals surface area contributed by atoms with Crippen molar-refractivity contribution in [3.8, 4) is 0 Å². The van der Waals surface area contributed by atoms with Crippen molar-refractivity contribution in [3.05, 3.63) is 0 Å². The molecular weight excluding hydrogens is 220 g/mol. The summed E-state index contributed by atoms with van der Waals surface area (Å²) >= 11 is 0. The van der Waals surface area contributed by atoms with Crippen LogP contribution in [-0.2, 0) is 9.05 Å². The van der Waals surface area contributed by atoms with Gasteiger partial charge in [-0.1, -0.05) is 20.8 Å². The molecule has 0 aromatic rings. The zero-order chi connectivity index (χ0) is 11.0. The van der Waals surface area contributed by atoms with Crippen LogP contribution in [0.4, 0.5) is 0 Å². The fourth-order valence-electron chi connectivity index (χ4n) is 2.21. The molecule has 0 aromatic heterocycles. The Morgan fingerprint density at radius 2 is 1.50 bits per heavy atom. The van der Waals surface area contributed by atoms with Gasteiger partial charge in [0.15, 0.2) is 0 Å². The largest absolute Gasteiger partial charge is 0.235 e. The minimum Gasteiger partial charge on any atom is -0.212 e. The van der Waals surface area contributed by atoms with Crippen LogP contribution in [0.1, 0.15) is 46.5 Å². The Morgan fingerprint density at radius 1 is 1.07 bits per heavy atom. The smallest absolute Gasteiger partial charge is 0.212 e. The first kappa shape index (κ1) is 12.3. The van der Waals surface area contributed by atoms with Gasteiger partial charge >= 0.3 is 0 Å². The van der Waals surface area contributed by atoms with Crippen molar-refractivity contribution in [2.75, 3.05) is 0 Å². The van der Waals surface area contributed by atoms with Crippen LogP contribution in [0.25, 0.3) is 0 Å². The standard InChI is InChI=1S/C10H19ClO2S/c1-10(2,3)8-4-6-9(7-5-8)14(11,12)13/h8-9H,4-7H2,1-3H3. The second kappa shape index (κ2) is 4.01. The summed E-state index contributed by atoms with van der Waals surface area (Å²) in [5.41, 5.74) is 0.293. The molecule has 14 heavy (non-hydrogen) atoms. The Hall–Kier alpha value is 0.240. The van der Waals surface area contributed by atoms with Gasteiger partial charge in [0.1, 0.15) is 0 Å². The lowest BCUT2D eigenvalue weighted by molar-refractivity contribution is 0.181. The molecule has 4 heteroatoms. The number of rotatable bonds is 1. The maximum atomic E-state index is 11.1. The van der Waals surface area contributed by atoms with Gasteiger partial charge in [-0.15, -0.1) is 0 Å². The molecule has 0 atom stereocenters. The Kier molecular flexibility index (Phi) is 3.53. The van der Waals surface area contributed by atoms with Gasteiger partial charge in [0.2, 0.25) is 9.05 Å². The van der Waals surface area contributed by atoms with Crippen molar-refractivity contribution in [1.29, 1.82) is 0 Å². The third-order valence-electron chi connectivity index (χ3n) is 3.30. The van der Waals surface area contributed by atoms with Crippen molar-refractivity contribution < 1.29 is 8.42 Å². The molecule has 84 valence electrons. The van der Waals surface area contributed by atoms with Gasteiger partial charge in [-0.3, -0.25) is 0 Å². The molecule has 0 heterocycles. The summed E-state index contributed by atoms with van der Waals surface area (Å²) in [4.78, 5) is 0. The van der Waals surface area contributed by atoms with Gasteiger partial charge in [0.25, 0.3) is 0 Å². The van der Waals surface area contributed by atoms with E-state index in [2.05, 4.69) is 20.8 Å². The zero-order valence-electron chi connectivity index (χ0n) is 9.09. The van der Waals surface area contributed by atoms with E-state index in [4.69, 9.17) is 10.7 Å². The number of hydrogen-bond donors (Lipinski definition) is 0. The van der Waals surface area contributed by atoms with Gasteiger partial charge in [0, 0.05) is 10.7 Å². The Morgan fingerprint density at radius 3 is 1.79 bits per heavy atom. The third-order valence-corrected chi connectivity index (χ3v) is 5.32. The predicted molar refractivity (Wildman–Crippen MR) is 60.0 cm³/mol. The normalized spacial score (nSPS) is 30.3. The molecule has 0 saturated heterocycles. The van der Waals surface area contributed by atoms with E-state index in [-0.39, 0.29) is 5.25 Å². The molecule has 0 aliphatic heterocycles. The van der Waals surface area contributed by atoms with E-state index < -0.39 is 9.05 Å². The molecule has 1 fully saturated rings. The summed E-state index contributed by atoms with van der Waals surface area (Å²) < 4.78 is 22.2. The van der Waals surface area contributed by atoms with Crippen molar-refractivity contribution in [2.45, 2.75) is 51.7 Å². The molecule has 2 nitrogen and oxygen atoms in total. The van der Waals surface area contributed by atoms with E-state index in [9.17, 15) is 8.42 Å². The van der Waals surface area contributed by atoms with Gasteiger partial charge in [0.05, 0.1) is 5.25 Å². The molecule has 1 aliphatic carbocycles. The molecular formula is C10H19ClO2S. The summed E-state index contributed by atoms with van der Waals surface area (Å²) in [6.45, 7) is 6.65. The Balaban J connectivity index is 2.56. The molecule has 1 rings (SSSR count). The summed E-state index contributed by atoms with van der Waals surface area (Å²) in [7, 11) is 2.02.